The summed E-state index contributed by atoms with van der Waals surface area (Å²) in [4.78, 5) is 20.3. The zero-order valence-electron chi connectivity index (χ0n) is 12.6. The molecule has 0 aliphatic rings. The molecule has 0 spiro atoms. The van der Waals surface area contributed by atoms with Gasteiger partial charge in [-0.05, 0) is 18.2 Å². The van der Waals surface area contributed by atoms with Crippen molar-refractivity contribution in [1.29, 1.82) is 0 Å². The van der Waals surface area contributed by atoms with Crippen LogP contribution in [0.3, 0.4) is 0 Å². The van der Waals surface area contributed by atoms with E-state index in [2.05, 4.69) is 25.5 Å². The predicted molar refractivity (Wildman–Crippen MR) is 91.5 cm³/mol. The van der Waals surface area contributed by atoms with Gasteiger partial charge in [0.25, 0.3) is 5.91 Å². The molecular weight excluding hydrogens is 302 g/mol. The van der Waals surface area contributed by atoms with Gasteiger partial charge in [0.05, 0.1) is 23.5 Å². The van der Waals surface area contributed by atoms with Crippen molar-refractivity contribution in [2.24, 2.45) is 0 Å². The standard InChI is InChI=1S/C18H13N5O/c24-18(21-12-6-2-1-3-7-12)14-9-5-4-8-13(14)17-22-15-10-19-20-11-16(15)23-17/h1-11H,(H,21,24)(H,22,23). The van der Waals surface area contributed by atoms with E-state index in [1.54, 1.807) is 18.5 Å². The average molecular weight is 315 g/mol. The van der Waals surface area contributed by atoms with Crippen LogP contribution in [0.4, 0.5) is 5.69 Å². The minimum atomic E-state index is -0.187. The van der Waals surface area contributed by atoms with Gasteiger partial charge in [-0.15, -0.1) is 0 Å². The molecule has 0 unspecified atom stereocenters. The number of imidazole rings is 1. The number of hydrogen-bond donors (Lipinski definition) is 2. The number of anilines is 1. The Balaban J connectivity index is 1.73. The van der Waals surface area contributed by atoms with Gasteiger partial charge in [0.15, 0.2) is 0 Å². The predicted octanol–water partition coefficient (Wildman–Crippen LogP) is 3.27. The minimum Gasteiger partial charge on any atom is -0.337 e. The lowest BCUT2D eigenvalue weighted by Gasteiger charge is -2.08. The third-order valence-electron chi connectivity index (χ3n) is 3.65. The third-order valence-corrected chi connectivity index (χ3v) is 3.65. The Bertz CT molecular complexity index is 977. The molecule has 6 heteroatoms. The van der Waals surface area contributed by atoms with Crippen molar-refractivity contribution in [1.82, 2.24) is 20.2 Å². The second-order valence-electron chi connectivity index (χ2n) is 5.24. The number of nitrogens with one attached hydrogen (secondary N) is 2. The van der Waals surface area contributed by atoms with Crippen molar-refractivity contribution in [2.75, 3.05) is 5.32 Å². The van der Waals surface area contributed by atoms with Crippen LogP contribution in [0.5, 0.6) is 0 Å². The van der Waals surface area contributed by atoms with E-state index in [0.29, 0.717) is 16.9 Å². The summed E-state index contributed by atoms with van der Waals surface area (Å²) in [5, 5.41) is 10.6. The molecule has 0 bridgehead atoms. The van der Waals surface area contributed by atoms with E-state index in [0.717, 1.165) is 16.8 Å². The maximum Gasteiger partial charge on any atom is 0.256 e. The number of carbonyl (C=O) groups excluding carboxylic acids is 1. The summed E-state index contributed by atoms with van der Waals surface area (Å²) in [6.45, 7) is 0. The molecule has 4 aromatic rings. The first kappa shape index (κ1) is 14.1. The number of amides is 1. The van der Waals surface area contributed by atoms with Crippen LogP contribution in [-0.2, 0) is 0 Å². The number of para-hydroxylation sites is 1. The number of carbonyl (C=O) groups is 1. The average Bonchev–Trinajstić information content (AvgIpc) is 3.06. The smallest absolute Gasteiger partial charge is 0.256 e. The lowest BCUT2D eigenvalue weighted by molar-refractivity contribution is 0.102. The molecule has 0 fully saturated rings. The molecule has 1 amide bonds. The highest BCUT2D eigenvalue weighted by atomic mass is 16.1. The van der Waals surface area contributed by atoms with Crippen LogP contribution in [0.1, 0.15) is 10.4 Å². The zero-order valence-corrected chi connectivity index (χ0v) is 12.6. The second-order valence-corrected chi connectivity index (χ2v) is 5.24. The van der Waals surface area contributed by atoms with Gasteiger partial charge in [0, 0.05) is 11.3 Å². The van der Waals surface area contributed by atoms with Gasteiger partial charge in [-0.3, -0.25) is 4.79 Å². The Hall–Kier alpha value is -3.54. The zero-order chi connectivity index (χ0) is 16.4. The molecule has 0 saturated carbocycles. The summed E-state index contributed by atoms with van der Waals surface area (Å²) in [6.07, 6.45) is 3.19. The number of hydrogen-bond acceptors (Lipinski definition) is 4. The summed E-state index contributed by atoms with van der Waals surface area (Å²) in [6, 6.07) is 16.7. The molecule has 2 aromatic carbocycles. The summed E-state index contributed by atoms with van der Waals surface area (Å²) < 4.78 is 0. The Morgan fingerprint density at radius 1 is 0.917 bits per heavy atom. The van der Waals surface area contributed by atoms with Gasteiger partial charge in [-0.25, -0.2) is 4.98 Å². The number of H-pyrrole nitrogens is 1. The van der Waals surface area contributed by atoms with E-state index in [1.807, 2.05) is 48.5 Å². The van der Waals surface area contributed by atoms with Crippen LogP contribution in [0.15, 0.2) is 67.0 Å². The fourth-order valence-electron chi connectivity index (χ4n) is 2.51. The van der Waals surface area contributed by atoms with Crippen LogP contribution in [0, 0.1) is 0 Å². The fraction of sp³-hybridized carbons (Fsp3) is 0. The molecule has 0 atom stereocenters. The van der Waals surface area contributed by atoms with Crippen LogP contribution in [0.25, 0.3) is 22.4 Å². The van der Waals surface area contributed by atoms with E-state index >= 15 is 0 Å². The van der Waals surface area contributed by atoms with E-state index in [4.69, 9.17) is 0 Å². The molecule has 2 N–H and O–H groups in total. The van der Waals surface area contributed by atoms with Gasteiger partial charge < -0.3 is 10.3 Å². The van der Waals surface area contributed by atoms with Crippen molar-refractivity contribution < 1.29 is 4.79 Å². The molecule has 2 aromatic heterocycles. The van der Waals surface area contributed by atoms with Crippen LogP contribution in [-0.4, -0.2) is 26.1 Å². The highest BCUT2D eigenvalue weighted by Crippen LogP contribution is 2.24. The third kappa shape index (κ3) is 2.61. The maximum atomic E-state index is 12.6. The summed E-state index contributed by atoms with van der Waals surface area (Å²) >= 11 is 0. The molecule has 0 aliphatic carbocycles. The minimum absolute atomic E-state index is 0.187. The Kier molecular flexibility index (Phi) is 3.47. The van der Waals surface area contributed by atoms with Crippen molar-refractivity contribution in [2.45, 2.75) is 0 Å². The number of benzene rings is 2. The largest absolute Gasteiger partial charge is 0.337 e. The normalized spacial score (nSPS) is 10.7. The van der Waals surface area contributed by atoms with Gasteiger partial charge in [-0.2, -0.15) is 10.2 Å². The fourth-order valence-corrected chi connectivity index (χ4v) is 2.51. The number of fused-ring (bicyclic) bond motifs is 1. The maximum absolute atomic E-state index is 12.6. The second kappa shape index (κ2) is 5.92. The summed E-state index contributed by atoms with van der Waals surface area (Å²) in [7, 11) is 0. The quantitative estimate of drug-likeness (QED) is 0.608. The lowest BCUT2D eigenvalue weighted by Crippen LogP contribution is -2.13. The van der Waals surface area contributed by atoms with E-state index < -0.39 is 0 Å². The highest BCUT2D eigenvalue weighted by molar-refractivity contribution is 6.08. The first-order valence-electron chi connectivity index (χ1n) is 7.43. The first-order chi connectivity index (χ1) is 11.8. The van der Waals surface area contributed by atoms with Crippen molar-refractivity contribution >= 4 is 22.6 Å². The molecule has 0 aliphatic heterocycles. The molecule has 2 heterocycles. The van der Waals surface area contributed by atoms with Crippen molar-refractivity contribution in [3.63, 3.8) is 0 Å². The monoisotopic (exact) mass is 315 g/mol. The van der Waals surface area contributed by atoms with Crippen LogP contribution < -0.4 is 5.32 Å². The van der Waals surface area contributed by atoms with Crippen LogP contribution in [0.2, 0.25) is 0 Å². The lowest BCUT2D eigenvalue weighted by atomic mass is 10.1. The number of rotatable bonds is 3. The first-order valence-corrected chi connectivity index (χ1v) is 7.43. The number of aromatic amines is 1. The van der Waals surface area contributed by atoms with Crippen molar-refractivity contribution in [3.8, 4) is 11.4 Å². The molecule has 6 nitrogen and oxygen atoms in total. The number of nitrogens with zero attached hydrogens (tertiary/aromatic N) is 3. The van der Waals surface area contributed by atoms with Gasteiger partial charge in [0.1, 0.15) is 11.3 Å². The van der Waals surface area contributed by atoms with E-state index in [-0.39, 0.29) is 5.91 Å². The van der Waals surface area contributed by atoms with E-state index in [9.17, 15) is 4.79 Å². The molecule has 4 rings (SSSR count). The number of aromatic nitrogens is 4. The van der Waals surface area contributed by atoms with Crippen molar-refractivity contribution in [3.05, 3.63) is 72.6 Å². The summed E-state index contributed by atoms with van der Waals surface area (Å²) in [5.74, 6) is 0.423. The molecule has 24 heavy (non-hydrogen) atoms. The Morgan fingerprint density at radius 2 is 1.67 bits per heavy atom. The highest BCUT2D eigenvalue weighted by Gasteiger charge is 2.15. The van der Waals surface area contributed by atoms with Gasteiger partial charge in [0.2, 0.25) is 0 Å². The SMILES string of the molecule is O=C(Nc1ccccc1)c1ccccc1-c1nc2cnncc2[nH]1. The van der Waals surface area contributed by atoms with Crippen LogP contribution >= 0.6 is 0 Å². The molecule has 0 radical (unpaired) electrons. The van der Waals surface area contributed by atoms with E-state index in [1.165, 1.54) is 0 Å². The Morgan fingerprint density at radius 3 is 2.50 bits per heavy atom. The van der Waals surface area contributed by atoms with Gasteiger partial charge in [-0.1, -0.05) is 36.4 Å². The Labute approximate surface area is 137 Å². The molecular formula is C18H13N5O. The topological polar surface area (TPSA) is 83.6 Å². The van der Waals surface area contributed by atoms with Gasteiger partial charge >= 0.3 is 0 Å². The summed E-state index contributed by atoms with van der Waals surface area (Å²) in [5.41, 5.74) is 3.50. The molecule has 0 saturated heterocycles. The molecule has 116 valence electrons.